The van der Waals surface area contributed by atoms with E-state index in [1.165, 1.54) is 7.11 Å². The Morgan fingerprint density at radius 2 is 1.86 bits per heavy atom. The Bertz CT molecular complexity index is 580. The molecule has 4 nitrogen and oxygen atoms in total. The number of esters is 1. The van der Waals surface area contributed by atoms with E-state index in [0.29, 0.717) is 17.3 Å². The second-order valence-electron chi connectivity index (χ2n) is 7.25. The smallest absolute Gasteiger partial charge is 0.461 e. The van der Waals surface area contributed by atoms with Gasteiger partial charge in [0.25, 0.3) is 0 Å². The Kier molecular flexibility index (Phi) is 3.61. The molecule has 1 saturated carbocycles. The van der Waals surface area contributed by atoms with Gasteiger partial charge in [0.15, 0.2) is 0 Å². The molecule has 0 aromatic heterocycles. The average Bonchev–Trinajstić information content (AvgIpc) is 3.21. The first-order valence-corrected chi connectivity index (χ1v) is 7.79. The van der Waals surface area contributed by atoms with Gasteiger partial charge in [-0.2, -0.15) is 0 Å². The number of carbonyl (C=O) groups excluding carboxylic acids is 1. The highest BCUT2D eigenvalue weighted by Crippen LogP contribution is 2.58. The maximum Gasteiger partial charge on any atom is 0.461 e. The zero-order chi connectivity index (χ0) is 16.1. The van der Waals surface area contributed by atoms with Crippen LogP contribution < -0.4 is 0 Å². The first kappa shape index (κ1) is 15.6. The van der Waals surface area contributed by atoms with Crippen LogP contribution in [0.5, 0.6) is 0 Å². The maximum absolute atomic E-state index is 11.6. The molecular formula is C17H23BO4. The summed E-state index contributed by atoms with van der Waals surface area (Å²) in [6.07, 6.45) is 1.03. The Labute approximate surface area is 132 Å². The molecule has 1 aromatic rings. The molecule has 2 fully saturated rings. The largest absolute Gasteiger partial charge is 0.465 e. The summed E-state index contributed by atoms with van der Waals surface area (Å²) in [6, 6.07) is 7.66. The van der Waals surface area contributed by atoms with Crippen LogP contribution in [-0.4, -0.2) is 31.4 Å². The molecule has 2 atom stereocenters. The maximum atomic E-state index is 11.6. The topological polar surface area (TPSA) is 44.8 Å². The fourth-order valence-corrected chi connectivity index (χ4v) is 2.98. The van der Waals surface area contributed by atoms with E-state index < -0.39 is 0 Å². The van der Waals surface area contributed by atoms with Crippen LogP contribution in [0, 0.1) is 0 Å². The predicted molar refractivity (Wildman–Crippen MR) is 85.0 cm³/mol. The van der Waals surface area contributed by atoms with Crippen molar-refractivity contribution in [2.24, 2.45) is 0 Å². The molecular weight excluding hydrogens is 279 g/mol. The van der Waals surface area contributed by atoms with Crippen LogP contribution in [0.2, 0.25) is 5.82 Å². The molecule has 3 rings (SSSR count). The van der Waals surface area contributed by atoms with Crippen molar-refractivity contribution < 1.29 is 18.8 Å². The number of hydrogen-bond donors (Lipinski definition) is 0. The summed E-state index contributed by atoms with van der Waals surface area (Å²) in [5, 5.41) is 0. The van der Waals surface area contributed by atoms with Crippen LogP contribution in [0.3, 0.4) is 0 Å². The number of hydrogen-bond acceptors (Lipinski definition) is 4. The summed E-state index contributed by atoms with van der Waals surface area (Å²) in [5.74, 6) is 0.447. The Balaban J connectivity index is 1.72. The molecule has 0 amide bonds. The highest BCUT2D eigenvalue weighted by molar-refractivity contribution is 6.49. The normalized spacial score (nSPS) is 28.5. The lowest BCUT2D eigenvalue weighted by molar-refractivity contribution is 0.00578. The third-order valence-electron chi connectivity index (χ3n) is 5.20. The number of benzene rings is 1. The Hall–Kier alpha value is -1.33. The summed E-state index contributed by atoms with van der Waals surface area (Å²) in [5.41, 5.74) is 1.17. The molecule has 1 aliphatic heterocycles. The van der Waals surface area contributed by atoms with Crippen LogP contribution >= 0.6 is 0 Å². The lowest BCUT2D eigenvalue weighted by Crippen LogP contribution is -2.41. The fraction of sp³-hybridized carbons (Fsp3) is 0.588. The third-order valence-corrected chi connectivity index (χ3v) is 5.20. The second kappa shape index (κ2) is 5.10. The first-order valence-electron chi connectivity index (χ1n) is 7.79. The fourth-order valence-electron chi connectivity index (χ4n) is 2.98. The monoisotopic (exact) mass is 302 g/mol. The summed E-state index contributed by atoms with van der Waals surface area (Å²) in [4.78, 5) is 11.6. The molecule has 1 heterocycles. The molecule has 1 aromatic carbocycles. The highest BCUT2D eigenvalue weighted by atomic mass is 16.7. The number of ether oxygens (including phenoxy) is 1. The Morgan fingerprint density at radius 3 is 2.45 bits per heavy atom. The molecule has 5 heteroatoms. The van der Waals surface area contributed by atoms with E-state index >= 15 is 0 Å². The van der Waals surface area contributed by atoms with Gasteiger partial charge in [-0.05, 0) is 57.7 Å². The standard InChI is InChI=1S/C17H23BO4/c1-16(2)17(3,4)22-18(21-16)14-10-13(14)11-7-6-8-12(9-11)15(19)20-5/h6-9,13-14H,10H2,1-5H3/t13-,14-/m0/s1. The second-order valence-corrected chi connectivity index (χ2v) is 7.25. The number of rotatable bonds is 3. The number of methoxy groups -OCH3 is 1. The van der Waals surface area contributed by atoms with Crippen molar-refractivity contribution >= 4 is 13.1 Å². The van der Waals surface area contributed by atoms with E-state index in [4.69, 9.17) is 14.0 Å². The first-order chi connectivity index (χ1) is 10.2. The summed E-state index contributed by atoms with van der Waals surface area (Å²) in [6.45, 7) is 8.29. The van der Waals surface area contributed by atoms with Crippen LogP contribution in [-0.2, 0) is 14.0 Å². The van der Waals surface area contributed by atoms with Crippen molar-refractivity contribution in [3.8, 4) is 0 Å². The van der Waals surface area contributed by atoms with E-state index in [-0.39, 0.29) is 24.3 Å². The SMILES string of the molecule is COC(=O)c1cccc([C@@H]2C[C@@H]2B2OC(C)(C)C(C)(C)O2)c1. The molecule has 22 heavy (non-hydrogen) atoms. The van der Waals surface area contributed by atoms with E-state index in [9.17, 15) is 4.79 Å². The molecule has 1 saturated heterocycles. The lowest BCUT2D eigenvalue weighted by Gasteiger charge is -2.32. The van der Waals surface area contributed by atoms with Gasteiger partial charge in [-0.15, -0.1) is 0 Å². The van der Waals surface area contributed by atoms with E-state index in [0.717, 1.165) is 12.0 Å². The van der Waals surface area contributed by atoms with Crippen LogP contribution in [0.25, 0.3) is 0 Å². The Morgan fingerprint density at radius 1 is 1.23 bits per heavy atom. The van der Waals surface area contributed by atoms with Crippen molar-refractivity contribution in [3.05, 3.63) is 35.4 Å². The quantitative estimate of drug-likeness (QED) is 0.634. The van der Waals surface area contributed by atoms with Gasteiger partial charge in [0.1, 0.15) is 0 Å². The van der Waals surface area contributed by atoms with Gasteiger partial charge >= 0.3 is 13.1 Å². The van der Waals surface area contributed by atoms with Gasteiger partial charge in [0.2, 0.25) is 0 Å². The highest BCUT2D eigenvalue weighted by Gasteiger charge is 2.59. The molecule has 0 bridgehead atoms. The van der Waals surface area contributed by atoms with E-state index in [1.54, 1.807) is 6.07 Å². The minimum Gasteiger partial charge on any atom is -0.465 e. The van der Waals surface area contributed by atoms with Gasteiger partial charge in [-0.3, -0.25) is 0 Å². The van der Waals surface area contributed by atoms with Gasteiger partial charge in [-0.1, -0.05) is 12.1 Å². The third kappa shape index (κ3) is 2.57. The van der Waals surface area contributed by atoms with Gasteiger partial charge in [0.05, 0.1) is 23.9 Å². The minimum absolute atomic E-state index is 0.170. The van der Waals surface area contributed by atoms with E-state index in [1.807, 2.05) is 12.1 Å². The van der Waals surface area contributed by atoms with Crippen LogP contribution in [0.1, 0.15) is 56.0 Å². The molecule has 1 aliphatic carbocycles. The molecule has 0 N–H and O–H groups in total. The molecule has 0 unspecified atom stereocenters. The summed E-state index contributed by atoms with van der Waals surface area (Å²) >= 11 is 0. The van der Waals surface area contributed by atoms with Crippen LogP contribution in [0.15, 0.2) is 24.3 Å². The average molecular weight is 302 g/mol. The van der Waals surface area contributed by atoms with Crippen molar-refractivity contribution in [2.45, 2.75) is 57.1 Å². The van der Waals surface area contributed by atoms with Gasteiger partial charge in [0, 0.05) is 5.82 Å². The molecule has 0 radical (unpaired) electrons. The van der Waals surface area contributed by atoms with Gasteiger partial charge < -0.3 is 14.0 Å². The van der Waals surface area contributed by atoms with Crippen molar-refractivity contribution in [1.29, 1.82) is 0 Å². The zero-order valence-corrected chi connectivity index (χ0v) is 13.9. The summed E-state index contributed by atoms with van der Waals surface area (Å²) < 4.78 is 17.0. The lowest BCUT2D eigenvalue weighted by atomic mass is 9.79. The van der Waals surface area contributed by atoms with Crippen molar-refractivity contribution in [3.63, 3.8) is 0 Å². The predicted octanol–water partition coefficient (Wildman–Crippen LogP) is 3.42. The van der Waals surface area contributed by atoms with E-state index in [2.05, 4.69) is 33.8 Å². The number of carbonyl (C=O) groups is 1. The zero-order valence-electron chi connectivity index (χ0n) is 13.9. The van der Waals surface area contributed by atoms with Crippen molar-refractivity contribution in [2.75, 3.05) is 7.11 Å². The molecule has 118 valence electrons. The summed E-state index contributed by atoms with van der Waals surface area (Å²) in [7, 11) is 1.23. The van der Waals surface area contributed by atoms with Crippen molar-refractivity contribution in [1.82, 2.24) is 0 Å². The molecule has 0 spiro atoms. The molecule has 2 aliphatic rings. The minimum atomic E-state index is -0.297. The van der Waals surface area contributed by atoms with Crippen LogP contribution in [0.4, 0.5) is 0 Å². The van der Waals surface area contributed by atoms with Gasteiger partial charge in [-0.25, -0.2) is 4.79 Å².